The first kappa shape index (κ1) is 12.6. The van der Waals surface area contributed by atoms with E-state index in [9.17, 15) is 0 Å². The summed E-state index contributed by atoms with van der Waals surface area (Å²) in [7, 11) is 0. The Morgan fingerprint density at radius 3 is 2.81 bits per heavy atom. The van der Waals surface area contributed by atoms with Gasteiger partial charge in [-0.1, -0.05) is 35.4 Å². The van der Waals surface area contributed by atoms with Crippen molar-refractivity contribution in [3.05, 3.63) is 11.1 Å². The fraction of sp³-hybridized carbons (Fsp3) is 0.846. The highest BCUT2D eigenvalue weighted by Crippen LogP contribution is 2.31. The third-order valence-electron chi connectivity index (χ3n) is 3.99. The second-order valence-electron chi connectivity index (χ2n) is 5.16. The molecule has 2 aliphatic rings. The molecule has 0 aromatic carbocycles. The lowest BCUT2D eigenvalue weighted by Crippen LogP contribution is -2.47. The molecule has 0 radical (unpaired) electrons. The first-order chi connectivity index (χ1) is 7.77. The van der Waals surface area contributed by atoms with Gasteiger partial charge in [-0.25, -0.2) is 0 Å². The lowest BCUT2D eigenvalue weighted by Gasteiger charge is -2.33. The average molecular weight is 287 g/mol. The fourth-order valence-electron chi connectivity index (χ4n) is 3.21. The van der Waals surface area contributed by atoms with Crippen LogP contribution in [0.3, 0.4) is 0 Å². The van der Waals surface area contributed by atoms with Crippen LogP contribution in [0.15, 0.2) is 11.1 Å². The monoisotopic (exact) mass is 286 g/mol. The van der Waals surface area contributed by atoms with Crippen molar-refractivity contribution in [1.29, 1.82) is 0 Å². The zero-order valence-corrected chi connectivity index (χ0v) is 11.6. The Bertz CT molecular complexity index is 236. The minimum absolute atomic E-state index is 0.699. The Labute approximate surface area is 107 Å². The van der Waals surface area contributed by atoms with E-state index >= 15 is 0 Å². The standard InChI is InChI=1S/C13H23BrN2/c1-10(14)9-16-13-7-4-5-11(13)12-6-2-3-8-15-12/h11-13,15-16H,1-9H2. The maximum absolute atomic E-state index is 3.89. The minimum atomic E-state index is 0.699. The molecule has 0 bridgehead atoms. The topological polar surface area (TPSA) is 24.1 Å². The van der Waals surface area contributed by atoms with Crippen molar-refractivity contribution in [2.24, 2.45) is 5.92 Å². The van der Waals surface area contributed by atoms with Gasteiger partial charge in [0.2, 0.25) is 0 Å². The summed E-state index contributed by atoms with van der Waals surface area (Å²) in [6.07, 6.45) is 8.26. The first-order valence-electron chi connectivity index (χ1n) is 6.57. The molecule has 1 heterocycles. The van der Waals surface area contributed by atoms with Crippen LogP contribution in [0, 0.1) is 5.92 Å². The van der Waals surface area contributed by atoms with Gasteiger partial charge in [0.25, 0.3) is 0 Å². The minimum Gasteiger partial charge on any atom is -0.314 e. The van der Waals surface area contributed by atoms with E-state index in [2.05, 4.69) is 33.1 Å². The van der Waals surface area contributed by atoms with E-state index < -0.39 is 0 Å². The van der Waals surface area contributed by atoms with Gasteiger partial charge >= 0.3 is 0 Å². The van der Waals surface area contributed by atoms with Crippen LogP contribution in [0.25, 0.3) is 0 Å². The van der Waals surface area contributed by atoms with Crippen molar-refractivity contribution in [3.63, 3.8) is 0 Å². The largest absolute Gasteiger partial charge is 0.314 e. The normalized spacial score (nSPS) is 35.2. The van der Waals surface area contributed by atoms with Crippen LogP contribution in [0.2, 0.25) is 0 Å². The second kappa shape index (κ2) is 6.18. The van der Waals surface area contributed by atoms with Gasteiger partial charge in [-0.05, 0) is 38.1 Å². The number of piperidine rings is 1. The molecule has 2 fully saturated rings. The molecule has 92 valence electrons. The Morgan fingerprint density at radius 1 is 1.25 bits per heavy atom. The van der Waals surface area contributed by atoms with Gasteiger partial charge in [-0.15, -0.1) is 0 Å². The molecule has 16 heavy (non-hydrogen) atoms. The molecule has 3 unspecified atom stereocenters. The van der Waals surface area contributed by atoms with Gasteiger partial charge in [-0.3, -0.25) is 0 Å². The summed E-state index contributed by atoms with van der Waals surface area (Å²) in [5.41, 5.74) is 0. The molecule has 1 aliphatic carbocycles. The van der Waals surface area contributed by atoms with Crippen LogP contribution in [-0.2, 0) is 0 Å². The molecule has 3 heteroatoms. The highest BCUT2D eigenvalue weighted by atomic mass is 79.9. The Balaban J connectivity index is 1.84. The van der Waals surface area contributed by atoms with Crippen molar-refractivity contribution in [3.8, 4) is 0 Å². The smallest absolute Gasteiger partial charge is 0.0268 e. The first-order valence-corrected chi connectivity index (χ1v) is 7.36. The van der Waals surface area contributed by atoms with Gasteiger partial charge in [0.15, 0.2) is 0 Å². The van der Waals surface area contributed by atoms with Crippen molar-refractivity contribution in [2.45, 2.75) is 50.6 Å². The summed E-state index contributed by atoms with van der Waals surface area (Å²) in [6.45, 7) is 6.02. The average Bonchev–Trinajstić information content (AvgIpc) is 2.75. The molecule has 2 rings (SSSR count). The molecule has 1 saturated heterocycles. The van der Waals surface area contributed by atoms with Gasteiger partial charge < -0.3 is 10.6 Å². The maximum Gasteiger partial charge on any atom is 0.0268 e. The summed E-state index contributed by atoms with van der Waals surface area (Å²) in [4.78, 5) is 0. The molecule has 2 N–H and O–H groups in total. The number of halogens is 1. The zero-order valence-electron chi connectivity index (χ0n) is 9.97. The highest BCUT2D eigenvalue weighted by molar-refractivity contribution is 9.11. The van der Waals surface area contributed by atoms with Gasteiger partial charge in [0.1, 0.15) is 0 Å². The highest BCUT2D eigenvalue weighted by Gasteiger charge is 2.33. The molecule has 0 amide bonds. The van der Waals surface area contributed by atoms with E-state index in [4.69, 9.17) is 0 Å². The van der Waals surface area contributed by atoms with E-state index in [-0.39, 0.29) is 0 Å². The van der Waals surface area contributed by atoms with Crippen LogP contribution in [0.1, 0.15) is 38.5 Å². The molecular weight excluding hydrogens is 264 g/mol. The number of hydrogen-bond donors (Lipinski definition) is 2. The molecular formula is C13H23BrN2. The van der Waals surface area contributed by atoms with Crippen molar-refractivity contribution >= 4 is 15.9 Å². The van der Waals surface area contributed by atoms with Gasteiger partial charge in [0.05, 0.1) is 0 Å². The number of rotatable bonds is 4. The lowest BCUT2D eigenvalue weighted by atomic mass is 9.88. The van der Waals surface area contributed by atoms with E-state index in [0.29, 0.717) is 6.04 Å². The zero-order chi connectivity index (χ0) is 11.4. The summed E-state index contributed by atoms with van der Waals surface area (Å²) in [5, 5.41) is 7.35. The quantitative estimate of drug-likeness (QED) is 0.831. The lowest BCUT2D eigenvalue weighted by molar-refractivity contribution is 0.261. The van der Waals surface area contributed by atoms with Crippen LogP contribution in [-0.4, -0.2) is 25.2 Å². The Kier molecular flexibility index (Phi) is 4.86. The van der Waals surface area contributed by atoms with Crippen LogP contribution in [0.5, 0.6) is 0 Å². The molecule has 2 nitrogen and oxygen atoms in total. The molecule has 1 saturated carbocycles. The van der Waals surface area contributed by atoms with Crippen LogP contribution in [0.4, 0.5) is 0 Å². The Morgan fingerprint density at radius 2 is 2.12 bits per heavy atom. The maximum atomic E-state index is 3.89. The molecule has 0 spiro atoms. The van der Waals surface area contributed by atoms with Gasteiger partial charge in [0, 0.05) is 23.1 Å². The van der Waals surface area contributed by atoms with Crippen LogP contribution >= 0.6 is 15.9 Å². The van der Waals surface area contributed by atoms with Crippen LogP contribution < -0.4 is 10.6 Å². The van der Waals surface area contributed by atoms with E-state index in [1.807, 2.05) is 0 Å². The molecule has 0 aromatic rings. The summed E-state index contributed by atoms with van der Waals surface area (Å²) >= 11 is 3.43. The molecule has 0 aromatic heterocycles. The summed E-state index contributed by atoms with van der Waals surface area (Å²) in [6, 6.07) is 1.46. The molecule has 1 aliphatic heterocycles. The van der Waals surface area contributed by atoms with E-state index in [1.165, 1.54) is 45.1 Å². The fourth-order valence-corrected chi connectivity index (χ4v) is 3.37. The van der Waals surface area contributed by atoms with E-state index in [0.717, 1.165) is 23.0 Å². The van der Waals surface area contributed by atoms with Crippen molar-refractivity contribution < 1.29 is 0 Å². The number of hydrogen-bond acceptors (Lipinski definition) is 2. The van der Waals surface area contributed by atoms with Crippen molar-refractivity contribution in [1.82, 2.24) is 10.6 Å². The summed E-state index contributed by atoms with van der Waals surface area (Å²) in [5.74, 6) is 0.840. The SMILES string of the molecule is C=C(Br)CNC1CCCC1C1CCCCN1. The number of nitrogens with one attached hydrogen (secondary N) is 2. The summed E-state index contributed by atoms with van der Waals surface area (Å²) < 4.78 is 1.06. The third-order valence-corrected chi connectivity index (χ3v) is 4.27. The predicted molar refractivity (Wildman–Crippen MR) is 72.8 cm³/mol. The van der Waals surface area contributed by atoms with Gasteiger partial charge in [-0.2, -0.15) is 0 Å². The molecule has 3 atom stereocenters. The van der Waals surface area contributed by atoms with E-state index in [1.54, 1.807) is 0 Å². The van der Waals surface area contributed by atoms with Crippen molar-refractivity contribution in [2.75, 3.05) is 13.1 Å². The second-order valence-corrected chi connectivity index (χ2v) is 6.28. The predicted octanol–water partition coefficient (Wildman–Crippen LogP) is 2.80. The third kappa shape index (κ3) is 3.31. The Hall–Kier alpha value is 0.140.